The number of methoxy groups -OCH3 is 1. The van der Waals surface area contributed by atoms with Crippen molar-refractivity contribution in [3.63, 3.8) is 0 Å². The highest BCUT2D eigenvalue weighted by Gasteiger charge is 2.34. The number of ether oxygens (including phenoxy) is 3. The van der Waals surface area contributed by atoms with E-state index in [1.807, 2.05) is 6.92 Å². The number of carbonyl (C=O) groups is 2. The van der Waals surface area contributed by atoms with Crippen LogP contribution < -0.4 is 4.74 Å². The van der Waals surface area contributed by atoms with Crippen LogP contribution in [0.15, 0.2) is 24.3 Å². The molecule has 1 fully saturated rings. The SMILES string of the molecule is CCOc1ccc(C(=O)N2CCOCC2C(=O)OC)cc1. The highest BCUT2D eigenvalue weighted by atomic mass is 16.5. The van der Waals surface area contributed by atoms with Gasteiger partial charge in [-0.25, -0.2) is 4.79 Å². The van der Waals surface area contributed by atoms with Crippen LogP contribution in [0.3, 0.4) is 0 Å². The molecule has 114 valence electrons. The van der Waals surface area contributed by atoms with Crippen LogP contribution in [0.1, 0.15) is 17.3 Å². The van der Waals surface area contributed by atoms with Gasteiger partial charge in [0.15, 0.2) is 6.04 Å². The topological polar surface area (TPSA) is 65.1 Å². The standard InChI is InChI=1S/C15H19NO5/c1-3-21-12-6-4-11(5-7-12)14(17)16-8-9-20-10-13(16)15(18)19-2/h4-7,13H,3,8-10H2,1-2H3. The van der Waals surface area contributed by atoms with E-state index in [4.69, 9.17) is 14.2 Å². The molecular formula is C15H19NO5. The molecule has 0 aliphatic carbocycles. The van der Waals surface area contributed by atoms with Crippen LogP contribution in [0.4, 0.5) is 0 Å². The Labute approximate surface area is 123 Å². The highest BCUT2D eigenvalue weighted by Crippen LogP contribution is 2.17. The summed E-state index contributed by atoms with van der Waals surface area (Å²) >= 11 is 0. The van der Waals surface area contributed by atoms with Gasteiger partial charge in [0.05, 0.1) is 26.9 Å². The molecule has 1 aliphatic heterocycles. The molecule has 0 N–H and O–H groups in total. The first-order valence-electron chi connectivity index (χ1n) is 6.86. The van der Waals surface area contributed by atoms with Crippen molar-refractivity contribution in [3.05, 3.63) is 29.8 Å². The Balaban J connectivity index is 2.14. The zero-order valence-electron chi connectivity index (χ0n) is 12.2. The molecule has 1 heterocycles. The van der Waals surface area contributed by atoms with Gasteiger partial charge in [-0.3, -0.25) is 4.79 Å². The summed E-state index contributed by atoms with van der Waals surface area (Å²) in [4.78, 5) is 25.7. The van der Waals surface area contributed by atoms with Gasteiger partial charge in [-0.05, 0) is 31.2 Å². The van der Waals surface area contributed by atoms with Crippen molar-refractivity contribution in [1.82, 2.24) is 4.90 Å². The summed E-state index contributed by atoms with van der Waals surface area (Å²) < 4.78 is 15.3. The highest BCUT2D eigenvalue weighted by molar-refractivity contribution is 5.97. The van der Waals surface area contributed by atoms with Crippen molar-refractivity contribution in [2.75, 3.05) is 33.5 Å². The Bertz CT molecular complexity index is 499. The molecule has 21 heavy (non-hydrogen) atoms. The summed E-state index contributed by atoms with van der Waals surface area (Å²) in [5.41, 5.74) is 0.509. The number of nitrogens with zero attached hydrogens (tertiary/aromatic N) is 1. The molecule has 0 aromatic heterocycles. The molecule has 0 bridgehead atoms. The number of esters is 1. The smallest absolute Gasteiger partial charge is 0.331 e. The molecule has 0 saturated carbocycles. The number of hydrogen-bond donors (Lipinski definition) is 0. The maximum Gasteiger partial charge on any atom is 0.331 e. The third-order valence-corrected chi connectivity index (χ3v) is 3.27. The normalized spacial score (nSPS) is 18.2. The summed E-state index contributed by atoms with van der Waals surface area (Å²) in [5.74, 6) is 0.0336. The van der Waals surface area contributed by atoms with Crippen molar-refractivity contribution in [2.45, 2.75) is 13.0 Å². The Morgan fingerprint density at radius 3 is 2.67 bits per heavy atom. The molecule has 1 aliphatic rings. The molecule has 0 spiro atoms. The van der Waals surface area contributed by atoms with Crippen LogP contribution in [-0.4, -0.2) is 56.3 Å². The third-order valence-electron chi connectivity index (χ3n) is 3.27. The number of rotatable bonds is 4. The number of carbonyl (C=O) groups excluding carboxylic acids is 2. The van der Waals surface area contributed by atoms with Crippen LogP contribution in [0.25, 0.3) is 0 Å². The number of hydrogen-bond acceptors (Lipinski definition) is 5. The van der Waals surface area contributed by atoms with E-state index in [0.717, 1.165) is 0 Å². The van der Waals surface area contributed by atoms with E-state index < -0.39 is 12.0 Å². The van der Waals surface area contributed by atoms with Gasteiger partial charge in [-0.2, -0.15) is 0 Å². The lowest BCUT2D eigenvalue weighted by Gasteiger charge is -2.33. The molecule has 1 aromatic carbocycles. The fraction of sp³-hybridized carbons (Fsp3) is 0.467. The Morgan fingerprint density at radius 2 is 2.05 bits per heavy atom. The minimum absolute atomic E-state index is 0.162. The Morgan fingerprint density at radius 1 is 1.33 bits per heavy atom. The number of morpholine rings is 1. The van der Waals surface area contributed by atoms with Gasteiger partial charge in [0, 0.05) is 12.1 Å². The fourth-order valence-electron chi connectivity index (χ4n) is 2.20. The molecular weight excluding hydrogens is 274 g/mol. The lowest BCUT2D eigenvalue weighted by Crippen LogP contribution is -2.53. The first-order valence-corrected chi connectivity index (χ1v) is 6.86. The van der Waals surface area contributed by atoms with Gasteiger partial charge in [0.25, 0.3) is 5.91 Å². The van der Waals surface area contributed by atoms with E-state index in [2.05, 4.69) is 0 Å². The van der Waals surface area contributed by atoms with Crippen LogP contribution >= 0.6 is 0 Å². The van der Waals surface area contributed by atoms with Gasteiger partial charge < -0.3 is 19.1 Å². The van der Waals surface area contributed by atoms with E-state index in [0.29, 0.717) is 31.1 Å². The van der Waals surface area contributed by atoms with E-state index in [9.17, 15) is 9.59 Å². The first kappa shape index (κ1) is 15.3. The summed E-state index contributed by atoms with van der Waals surface area (Å²) in [6, 6.07) is 6.17. The lowest BCUT2D eigenvalue weighted by molar-refractivity contribution is -0.151. The van der Waals surface area contributed by atoms with Crippen molar-refractivity contribution in [2.24, 2.45) is 0 Å². The second-order valence-corrected chi connectivity index (χ2v) is 4.57. The van der Waals surface area contributed by atoms with Crippen molar-refractivity contribution >= 4 is 11.9 Å². The first-order chi connectivity index (χ1) is 10.2. The second-order valence-electron chi connectivity index (χ2n) is 4.57. The zero-order chi connectivity index (χ0) is 15.2. The molecule has 1 saturated heterocycles. The maximum atomic E-state index is 12.5. The molecule has 1 atom stereocenters. The van der Waals surface area contributed by atoms with E-state index in [-0.39, 0.29) is 12.5 Å². The van der Waals surface area contributed by atoms with Crippen LogP contribution in [0, 0.1) is 0 Å². The van der Waals surface area contributed by atoms with Crippen LogP contribution in [0.2, 0.25) is 0 Å². The summed E-state index contributed by atoms with van der Waals surface area (Å²) in [7, 11) is 1.30. The molecule has 1 aromatic rings. The van der Waals surface area contributed by atoms with Gasteiger partial charge in [-0.15, -0.1) is 0 Å². The van der Waals surface area contributed by atoms with E-state index in [1.54, 1.807) is 24.3 Å². The Hall–Kier alpha value is -2.08. The van der Waals surface area contributed by atoms with E-state index >= 15 is 0 Å². The van der Waals surface area contributed by atoms with Gasteiger partial charge in [0.2, 0.25) is 0 Å². The fourth-order valence-corrected chi connectivity index (χ4v) is 2.20. The number of amides is 1. The van der Waals surface area contributed by atoms with Gasteiger partial charge in [-0.1, -0.05) is 0 Å². The molecule has 1 unspecified atom stereocenters. The quantitative estimate of drug-likeness (QED) is 0.778. The Kier molecular flexibility index (Phi) is 5.16. The third kappa shape index (κ3) is 3.52. The van der Waals surface area contributed by atoms with Crippen molar-refractivity contribution in [1.29, 1.82) is 0 Å². The maximum absolute atomic E-state index is 12.5. The summed E-state index contributed by atoms with van der Waals surface area (Å²) in [6.45, 7) is 3.41. The minimum Gasteiger partial charge on any atom is -0.494 e. The lowest BCUT2D eigenvalue weighted by atomic mass is 10.1. The molecule has 6 nitrogen and oxygen atoms in total. The van der Waals surface area contributed by atoms with Crippen molar-refractivity contribution < 1.29 is 23.8 Å². The van der Waals surface area contributed by atoms with E-state index in [1.165, 1.54) is 12.0 Å². The predicted molar refractivity (Wildman–Crippen MR) is 75.3 cm³/mol. The summed E-state index contributed by atoms with van der Waals surface area (Å²) in [6.07, 6.45) is 0. The molecule has 0 radical (unpaired) electrons. The van der Waals surface area contributed by atoms with Gasteiger partial charge in [0.1, 0.15) is 5.75 Å². The largest absolute Gasteiger partial charge is 0.494 e. The molecule has 6 heteroatoms. The average Bonchev–Trinajstić information content (AvgIpc) is 2.54. The van der Waals surface area contributed by atoms with Crippen LogP contribution in [-0.2, 0) is 14.3 Å². The minimum atomic E-state index is -0.692. The molecule has 1 amide bonds. The monoisotopic (exact) mass is 293 g/mol. The predicted octanol–water partition coefficient (Wildman–Crippen LogP) is 1.10. The van der Waals surface area contributed by atoms with Crippen molar-refractivity contribution in [3.8, 4) is 5.75 Å². The second kappa shape index (κ2) is 7.08. The average molecular weight is 293 g/mol. The zero-order valence-corrected chi connectivity index (χ0v) is 12.2. The molecule has 2 rings (SSSR count). The van der Waals surface area contributed by atoms with Gasteiger partial charge >= 0.3 is 5.97 Å². The number of benzene rings is 1. The van der Waals surface area contributed by atoms with Crippen LogP contribution in [0.5, 0.6) is 5.75 Å². The summed E-state index contributed by atoms with van der Waals surface area (Å²) in [5, 5.41) is 0.